The van der Waals surface area contributed by atoms with Gasteiger partial charge in [0.1, 0.15) is 5.82 Å². The second-order valence-electron chi connectivity index (χ2n) is 7.84. The highest BCUT2D eigenvalue weighted by atomic mass is 19.1. The molecule has 0 aromatic heterocycles. The molecule has 1 aliphatic rings. The Balaban J connectivity index is 1.79. The van der Waals surface area contributed by atoms with Crippen LogP contribution in [0.15, 0.2) is 54.6 Å². The van der Waals surface area contributed by atoms with E-state index < -0.39 is 0 Å². The normalized spacial score (nSPS) is 21.2. The Kier molecular flexibility index (Phi) is 5.92. The summed E-state index contributed by atoms with van der Waals surface area (Å²) in [4.78, 5) is 17.0. The van der Waals surface area contributed by atoms with Crippen molar-refractivity contribution in [2.75, 3.05) is 33.2 Å². The first-order chi connectivity index (χ1) is 12.9. The number of carbonyl (C=O) groups is 1. The molecule has 2 aromatic rings. The Morgan fingerprint density at radius 1 is 1.19 bits per heavy atom. The summed E-state index contributed by atoms with van der Waals surface area (Å²) in [7, 11) is 1.82. The van der Waals surface area contributed by atoms with E-state index in [1.165, 1.54) is 12.1 Å². The number of likely N-dealkylation sites (tertiary alicyclic amines) is 1. The highest BCUT2D eigenvalue weighted by molar-refractivity contribution is 5.79. The van der Waals surface area contributed by atoms with Gasteiger partial charge in [0.2, 0.25) is 5.91 Å². The van der Waals surface area contributed by atoms with Crippen molar-refractivity contribution in [2.24, 2.45) is 11.1 Å². The van der Waals surface area contributed by atoms with E-state index in [1.54, 1.807) is 17.0 Å². The molecular weight excluding hydrogens is 341 g/mol. The third kappa shape index (κ3) is 4.54. The minimum absolute atomic E-state index is 0.0504. The molecule has 1 saturated heterocycles. The van der Waals surface area contributed by atoms with Crippen LogP contribution in [-0.4, -0.2) is 48.9 Å². The molecule has 1 heterocycles. The fourth-order valence-corrected chi connectivity index (χ4v) is 3.79. The van der Waals surface area contributed by atoms with Crippen LogP contribution in [0.5, 0.6) is 0 Å². The fourth-order valence-electron chi connectivity index (χ4n) is 3.79. The molecule has 0 aliphatic carbocycles. The number of benzene rings is 2. The van der Waals surface area contributed by atoms with Crippen molar-refractivity contribution < 1.29 is 9.18 Å². The van der Waals surface area contributed by atoms with E-state index in [0.717, 1.165) is 30.6 Å². The van der Waals surface area contributed by atoms with Crippen molar-refractivity contribution in [3.05, 3.63) is 71.5 Å². The van der Waals surface area contributed by atoms with Gasteiger partial charge < -0.3 is 10.6 Å². The standard InChI is InChI=1S/C22H28FN3O/c1-22(15-24)12-13-26(16-22)14-20(27)25(2)21(17-6-4-3-5-7-17)18-8-10-19(23)11-9-18/h3-11,21H,12-16,24H2,1-2H3. The second kappa shape index (κ2) is 8.19. The topological polar surface area (TPSA) is 49.6 Å². The van der Waals surface area contributed by atoms with Crippen molar-refractivity contribution in [3.8, 4) is 0 Å². The molecule has 3 rings (SSSR count). The predicted molar refractivity (Wildman–Crippen MR) is 106 cm³/mol. The van der Waals surface area contributed by atoms with Crippen molar-refractivity contribution >= 4 is 5.91 Å². The van der Waals surface area contributed by atoms with Gasteiger partial charge in [0.15, 0.2) is 0 Å². The minimum Gasteiger partial charge on any atom is -0.334 e. The number of rotatable bonds is 6. The molecule has 2 unspecified atom stereocenters. The average molecular weight is 369 g/mol. The van der Waals surface area contributed by atoms with Crippen molar-refractivity contribution in [1.82, 2.24) is 9.80 Å². The first kappa shape index (κ1) is 19.5. The smallest absolute Gasteiger partial charge is 0.237 e. The zero-order chi connectivity index (χ0) is 19.4. The van der Waals surface area contributed by atoms with E-state index in [0.29, 0.717) is 13.1 Å². The maximum Gasteiger partial charge on any atom is 0.237 e. The predicted octanol–water partition coefficient (Wildman–Crippen LogP) is 3.04. The Bertz CT molecular complexity index is 765. The molecule has 5 heteroatoms. The molecule has 2 N–H and O–H groups in total. The number of hydrogen-bond donors (Lipinski definition) is 1. The van der Waals surface area contributed by atoms with Crippen LogP contribution >= 0.6 is 0 Å². The molecule has 1 aliphatic heterocycles. The minimum atomic E-state index is -0.280. The first-order valence-electron chi connectivity index (χ1n) is 9.40. The summed E-state index contributed by atoms with van der Waals surface area (Å²) >= 11 is 0. The lowest BCUT2D eigenvalue weighted by Gasteiger charge is -2.31. The van der Waals surface area contributed by atoms with E-state index in [4.69, 9.17) is 5.73 Å². The van der Waals surface area contributed by atoms with Gasteiger partial charge in [0, 0.05) is 13.6 Å². The lowest BCUT2D eigenvalue weighted by atomic mass is 9.90. The lowest BCUT2D eigenvalue weighted by molar-refractivity contribution is -0.132. The van der Waals surface area contributed by atoms with E-state index in [2.05, 4.69) is 11.8 Å². The summed E-state index contributed by atoms with van der Waals surface area (Å²) in [6.45, 7) is 4.91. The molecule has 0 saturated carbocycles. The summed E-state index contributed by atoms with van der Waals surface area (Å²) in [6, 6.07) is 16.0. The molecule has 2 atom stereocenters. The van der Waals surface area contributed by atoms with Crippen molar-refractivity contribution in [2.45, 2.75) is 19.4 Å². The monoisotopic (exact) mass is 369 g/mol. The summed E-state index contributed by atoms with van der Waals surface area (Å²) in [5.41, 5.74) is 7.88. The van der Waals surface area contributed by atoms with Crippen LogP contribution in [0.3, 0.4) is 0 Å². The van der Waals surface area contributed by atoms with Crippen molar-refractivity contribution in [3.63, 3.8) is 0 Å². The molecule has 0 bridgehead atoms. The molecule has 2 aromatic carbocycles. The third-order valence-corrected chi connectivity index (χ3v) is 5.57. The maximum absolute atomic E-state index is 13.4. The average Bonchev–Trinajstić information content (AvgIpc) is 3.05. The molecule has 144 valence electrons. The number of amides is 1. The molecule has 4 nitrogen and oxygen atoms in total. The van der Waals surface area contributed by atoms with E-state index >= 15 is 0 Å². The van der Waals surface area contributed by atoms with Crippen LogP contribution < -0.4 is 5.73 Å². The molecule has 0 spiro atoms. The SMILES string of the molecule is CN(C(=O)CN1CCC(C)(CN)C1)C(c1ccccc1)c1ccc(F)cc1. The second-order valence-corrected chi connectivity index (χ2v) is 7.84. The first-order valence-corrected chi connectivity index (χ1v) is 9.40. The summed E-state index contributed by atoms with van der Waals surface area (Å²) in [6.07, 6.45) is 1.01. The zero-order valence-corrected chi connectivity index (χ0v) is 16.1. The number of nitrogens with two attached hydrogens (primary N) is 1. The Hall–Kier alpha value is -2.24. The Morgan fingerprint density at radius 3 is 2.41 bits per heavy atom. The van der Waals surface area contributed by atoms with Gasteiger partial charge in [0.25, 0.3) is 0 Å². The summed E-state index contributed by atoms with van der Waals surface area (Å²) in [5.74, 6) is -0.230. The van der Waals surface area contributed by atoms with Gasteiger partial charge in [-0.3, -0.25) is 9.69 Å². The van der Waals surface area contributed by atoms with Crippen LogP contribution in [0.25, 0.3) is 0 Å². The quantitative estimate of drug-likeness (QED) is 0.851. The zero-order valence-electron chi connectivity index (χ0n) is 16.1. The summed E-state index contributed by atoms with van der Waals surface area (Å²) < 4.78 is 13.4. The summed E-state index contributed by atoms with van der Waals surface area (Å²) in [5, 5.41) is 0. The number of hydrogen-bond acceptors (Lipinski definition) is 3. The maximum atomic E-state index is 13.4. The molecule has 27 heavy (non-hydrogen) atoms. The van der Waals surface area contributed by atoms with Crippen molar-refractivity contribution in [1.29, 1.82) is 0 Å². The number of carbonyl (C=O) groups excluding carboxylic acids is 1. The van der Waals surface area contributed by atoms with Crippen LogP contribution in [0, 0.1) is 11.2 Å². The number of nitrogens with zero attached hydrogens (tertiary/aromatic N) is 2. The van der Waals surface area contributed by atoms with Gasteiger partial charge in [-0.05, 0) is 48.2 Å². The van der Waals surface area contributed by atoms with Gasteiger partial charge in [-0.25, -0.2) is 4.39 Å². The lowest BCUT2D eigenvalue weighted by Crippen LogP contribution is -2.41. The molecule has 1 fully saturated rings. The van der Waals surface area contributed by atoms with Crippen LogP contribution in [0.2, 0.25) is 0 Å². The van der Waals surface area contributed by atoms with Crippen LogP contribution in [0.4, 0.5) is 4.39 Å². The highest BCUT2D eigenvalue weighted by Gasteiger charge is 2.34. The van der Waals surface area contributed by atoms with Gasteiger partial charge in [-0.1, -0.05) is 49.4 Å². The number of likely N-dealkylation sites (N-methyl/N-ethyl adjacent to an activating group) is 1. The van der Waals surface area contributed by atoms with Gasteiger partial charge in [-0.15, -0.1) is 0 Å². The molecular formula is C22H28FN3O. The van der Waals surface area contributed by atoms with Gasteiger partial charge in [-0.2, -0.15) is 0 Å². The van der Waals surface area contributed by atoms with Crippen LogP contribution in [0.1, 0.15) is 30.5 Å². The van der Waals surface area contributed by atoms with E-state index in [9.17, 15) is 9.18 Å². The van der Waals surface area contributed by atoms with E-state index in [-0.39, 0.29) is 23.2 Å². The highest BCUT2D eigenvalue weighted by Crippen LogP contribution is 2.30. The third-order valence-electron chi connectivity index (χ3n) is 5.57. The fraction of sp³-hybridized carbons (Fsp3) is 0.409. The Morgan fingerprint density at radius 2 is 1.81 bits per heavy atom. The molecule has 1 amide bonds. The van der Waals surface area contributed by atoms with Gasteiger partial charge in [0.05, 0.1) is 12.6 Å². The number of halogens is 1. The van der Waals surface area contributed by atoms with E-state index in [1.807, 2.05) is 37.4 Å². The Labute approximate surface area is 160 Å². The van der Waals surface area contributed by atoms with Crippen LogP contribution in [-0.2, 0) is 4.79 Å². The van der Waals surface area contributed by atoms with Gasteiger partial charge >= 0.3 is 0 Å². The molecule has 0 radical (unpaired) electrons. The largest absolute Gasteiger partial charge is 0.334 e.